The number of alkyl halides is 3. The largest absolute Gasteiger partial charge is 0.401 e. The van der Waals surface area contributed by atoms with E-state index in [9.17, 15) is 13.2 Å². The van der Waals surface area contributed by atoms with Crippen molar-refractivity contribution in [2.75, 3.05) is 26.2 Å². The SMILES string of the molecule is CCCN(CCNC(C)C(C)C)CC(F)(F)F. The summed E-state index contributed by atoms with van der Waals surface area (Å²) in [5, 5.41) is 3.25. The van der Waals surface area contributed by atoms with E-state index in [-0.39, 0.29) is 0 Å². The zero-order valence-corrected chi connectivity index (χ0v) is 11.3. The van der Waals surface area contributed by atoms with Crippen molar-refractivity contribution in [1.82, 2.24) is 10.2 Å². The van der Waals surface area contributed by atoms with Gasteiger partial charge in [-0.1, -0.05) is 20.8 Å². The van der Waals surface area contributed by atoms with Crippen molar-refractivity contribution in [1.29, 1.82) is 0 Å². The molecule has 0 saturated heterocycles. The standard InChI is InChI=1S/C12H25F3N2/c1-5-7-17(9-12(13,14)15)8-6-16-11(4)10(2)3/h10-11,16H,5-9H2,1-4H3. The maximum atomic E-state index is 12.3. The lowest BCUT2D eigenvalue weighted by molar-refractivity contribution is -0.145. The van der Waals surface area contributed by atoms with Crippen LogP contribution < -0.4 is 5.32 Å². The van der Waals surface area contributed by atoms with Gasteiger partial charge in [0.1, 0.15) is 0 Å². The first-order valence-corrected chi connectivity index (χ1v) is 6.28. The van der Waals surface area contributed by atoms with E-state index < -0.39 is 12.7 Å². The lowest BCUT2D eigenvalue weighted by Crippen LogP contribution is -2.41. The van der Waals surface area contributed by atoms with Gasteiger partial charge >= 0.3 is 6.18 Å². The summed E-state index contributed by atoms with van der Waals surface area (Å²) in [6, 6.07) is 0.337. The summed E-state index contributed by atoms with van der Waals surface area (Å²) in [6.07, 6.45) is -3.35. The molecule has 0 amide bonds. The second-order valence-corrected chi connectivity index (χ2v) is 4.88. The van der Waals surface area contributed by atoms with Crippen LogP contribution in [0.3, 0.4) is 0 Å². The van der Waals surface area contributed by atoms with E-state index in [4.69, 9.17) is 0 Å². The van der Waals surface area contributed by atoms with Crippen LogP contribution in [0.15, 0.2) is 0 Å². The molecule has 0 aliphatic rings. The average Bonchev–Trinajstić information content (AvgIpc) is 2.15. The van der Waals surface area contributed by atoms with Crippen molar-refractivity contribution in [3.05, 3.63) is 0 Å². The topological polar surface area (TPSA) is 15.3 Å². The molecule has 1 atom stereocenters. The molecule has 0 aromatic rings. The van der Waals surface area contributed by atoms with Crippen LogP contribution in [0.5, 0.6) is 0 Å². The van der Waals surface area contributed by atoms with Crippen LogP contribution in [0.4, 0.5) is 13.2 Å². The normalized spacial score (nSPS) is 14.6. The minimum absolute atomic E-state index is 0.337. The Morgan fingerprint density at radius 3 is 2.12 bits per heavy atom. The fourth-order valence-corrected chi connectivity index (χ4v) is 1.53. The van der Waals surface area contributed by atoms with Crippen molar-refractivity contribution in [2.24, 2.45) is 5.92 Å². The van der Waals surface area contributed by atoms with Crippen LogP contribution in [-0.2, 0) is 0 Å². The highest BCUT2D eigenvalue weighted by Gasteiger charge is 2.30. The molecular weight excluding hydrogens is 229 g/mol. The van der Waals surface area contributed by atoms with Crippen LogP contribution in [0.1, 0.15) is 34.1 Å². The minimum atomic E-state index is -4.10. The smallest absolute Gasteiger partial charge is 0.313 e. The Bertz CT molecular complexity index is 193. The van der Waals surface area contributed by atoms with E-state index in [1.54, 1.807) is 0 Å². The van der Waals surface area contributed by atoms with Crippen molar-refractivity contribution in [3.8, 4) is 0 Å². The van der Waals surface area contributed by atoms with Crippen LogP contribution in [-0.4, -0.2) is 43.3 Å². The molecule has 0 spiro atoms. The quantitative estimate of drug-likeness (QED) is 0.716. The van der Waals surface area contributed by atoms with Gasteiger partial charge in [-0.2, -0.15) is 13.2 Å². The number of nitrogens with one attached hydrogen (secondary N) is 1. The first kappa shape index (κ1) is 16.7. The number of halogens is 3. The molecule has 104 valence electrons. The molecular formula is C12H25F3N2. The summed E-state index contributed by atoms with van der Waals surface area (Å²) in [7, 11) is 0. The molecule has 0 fully saturated rings. The van der Waals surface area contributed by atoms with Gasteiger partial charge in [-0.3, -0.25) is 4.90 Å². The minimum Gasteiger partial charge on any atom is -0.313 e. The summed E-state index contributed by atoms with van der Waals surface area (Å²) >= 11 is 0. The van der Waals surface area contributed by atoms with Gasteiger partial charge in [-0.15, -0.1) is 0 Å². The van der Waals surface area contributed by atoms with E-state index in [2.05, 4.69) is 26.1 Å². The van der Waals surface area contributed by atoms with E-state index >= 15 is 0 Å². The number of hydrogen-bond acceptors (Lipinski definition) is 2. The molecule has 0 radical (unpaired) electrons. The second kappa shape index (κ2) is 7.93. The third kappa shape index (κ3) is 9.41. The number of nitrogens with zero attached hydrogens (tertiary/aromatic N) is 1. The Balaban J connectivity index is 3.93. The molecule has 0 aliphatic carbocycles. The monoisotopic (exact) mass is 254 g/mol. The summed E-state index contributed by atoms with van der Waals surface area (Å²) in [4.78, 5) is 1.46. The highest BCUT2D eigenvalue weighted by Crippen LogP contribution is 2.16. The zero-order chi connectivity index (χ0) is 13.5. The third-order valence-corrected chi connectivity index (χ3v) is 2.84. The molecule has 5 heteroatoms. The van der Waals surface area contributed by atoms with Gasteiger partial charge in [0.2, 0.25) is 0 Å². The lowest BCUT2D eigenvalue weighted by Gasteiger charge is -2.25. The van der Waals surface area contributed by atoms with Crippen LogP contribution in [0.2, 0.25) is 0 Å². The predicted molar refractivity (Wildman–Crippen MR) is 65.1 cm³/mol. The Labute approximate surface area is 103 Å². The number of rotatable bonds is 8. The number of hydrogen-bond donors (Lipinski definition) is 1. The van der Waals surface area contributed by atoms with Gasteiger partial charge in [0, 0.05) is 19.1 Å². The van der Waals surface area contributed by atoms with E-state index in [1.807, 2.05) is 6.92 Å². The summed E-state index contributed by atoms with van der Waals surface area (Å²) < 4.78 is 36.8. The molecule has 2 nitrogen and oxygen atoms in total. The maximum absolute atomic E-state index is 12.3. The van der Waals surface area contributed by atoms with Crippen molar-refractivity contribution < 1.29 is 13.2 Å². The predicted octanol–water partition coefficient (Wildman–Crippen LogP) is 2.89. The van der Waals surface area contributed by atoms with Crippen LogP contribution >= 0.6 is 0 Å². The van der Waals surface area contributed by atoms with Crippen molar-refractivity contribution in [3.63, 3.8) is 0 Å². The fraction of sp³-hybridized carbons (Fsp3) is 1.00. The highest BCUT2D eigenvalue weighted by molar-refractivity contribution is 4.68. The van der Waals surface area contributed by atoms with E-state index in [0.717, 1.165) is 6.42 Å². The summed E-state index contributed by atoms with van der Waals surface area (Å²) in [6.45, 7) is 8.89. The average molecular weight is 254 g/mol. The van der Waals surface area contributed by atoms with Crippen LogP contribution in [0.25, 0.3) is 0 Å². The van der Waals surface area contributed by atoms with Gasteiger partial charge in [-0.05, 0) is 25.8 Å². The lowest BCUT2D eigenvalue weighted by atomic mass is 10.1. The third-order valence-electron chi connectivity index (χ3n) is 2.84. The van der Waals surface area contributed by atoms with Crippen molar-refractivity contribution >= 4 is 0 Å². The molecule has 0 rings (SSSR count). The van der Waals surface area contributed by atoms with E-state index in [0.29, 0.717) is 31.6 Å². The molecule has 17 heavy (non-hydrogen) atoms. The maximum Gasteiger partial charge on any atom is 0.401 e. The van der Waals surface area contributed by atoms with Crippen LogP contribution in [0, 0.1) is 5.92 Å². The molecule has 1 unspecified atom stereocenters. The first-order valence-electron chi connectivity index (χ1n) is 6.28. The van der Waals surface area contributed by atoms with E-state index in [1.165, 1.54) is 4.90 Å². The molecule has 0 aromatic carbocycles. The fourth-order valence-electron chi connectivity index (χ4n) is 1.53. The first-order chi connectivity index (χ1) is 7.76. The summed E-state index contributed by atoms with van der Waals surface area (Å²) in [5.74, 6) is 0.497. The van der Waals surface area contributed by atoms with Gasteiger partial charge in [0.25, 0.3) is 0 Å². The second-order valence-electron chi connectivity index (χ2n) is 4.88. The molecule has 0 aliphatic heterocycles. The Morgan fingerprint density at radius 1 is 1.12 bits per heavy atom. The molecule has 0 aromatic heterocycles. The Morgan fingerprint density at radius 2 is 1.71 bits per heavy atom. The summed E-state index contributed by atoms with van der Waals surface area (Å²) in [5.41, 5.74) is 0. The van der Waals surface area contributed by atoms with Gasteiger partial charge in [-0.25, -0.2) is 0 Å². The Hall–Kier alpha value is -0.290. The highest BCUT2D eigenvalue weighted by atomic mass is 19.4. The van der Waals surface area contributed by atoms with Crippen molar-refractivity contribution in [2.45, 2.75) is 46.3 Å². The molecule has 0 bridgehead atoms. The van der Waals surface area contributed by atoms with Gasteiger partial charge in [0.15, 0.2) is 0 Å². The molecule has 1 N–H and O–H groups in total. The Kier molecular flexibility index (Phi) is 7.79. The molecule has 0 heterocycles. The van der Waals surface area contributed by atoms with Gasteiger partial charge < -0.3 is 5.32 Å². The molecule has 0 saturated carbocycles. The zero-order valence-electron chi connectivity index (χ0n) is 11.3. The van der Waals surface area contributed by atoms with Gasteiger partial charge in [0.05, 0.1) is 6.54 Å².